The zero-order valence-corrected chi connectivity index (χ0v) is 13.5. The zero-order valence-electron chi connectivity index (χ0n) is 12.0. The molecular weight excluding hydrogens is 327 g/mol. The molecule has 1 aromatic carbocycles. The molecule has 2 N–H and O–H groups in total. The molecule has 0 bridgehead atoms. The molecule has 1 aromatic heterocycles. The van der Waals surface area contributed by atoms with E-state index in [2.05, 4.69) is 20.8 Å². The van der Waals surface area contributed by atoms with Crippen LogP contribution in [0, 0.1) is 0 Å². The molecule has 118 valence electrons. The summed E-state index contributed by atoms with van der Waals surface area (Å²) in [6.07, 6.45) is 1.12. The van der Waals surface area contributed by atoms with Gasteiger partial charge in [-0.15, -0.1) is 0 Å². The number of hydrogen-bond donors (Lipinski definition) is 2. The van der Waals surface area contributed by atoms with E-state index in [0.29, 0.717) is 34.4 Å². The van der Waals surface area contributed by atoms with Gasteiger partial charge in [-0.05, 0) is 37.7 Å². The van der Waals surface area contributed by atoms with Crippen LogP contribution in [-0.4, -0.2) is 36.2 Å². The third-order valence-corrected chi connectivity index (χ3v) is 3.66. The number of rotatable bonds is 7. The number of nitrogens with one attached hydrogen (secondary N) is 2. The maximum absolute atomic E-state index is 11.8. The Kier molecular flexibility index (Phi) is 6.18. The Bertz CT molecular complexity index is 625. The lowest BCUT2D eigenvalue weighted by molar-refractivity contribution is 0.0909. The molecule has 0 aliphatic carbocycles. The lowest BCUT2D eigenvalue weighted by Gasteiger charge is -2.03. The van der Waals surface area contributed by atoms with Crippen molar-refractivity contribution in [1.82, 2.24) is 20.8 Å². The van der Waals surface area contributed by atoms with Crippen molar-refractivity contribution < 1.29 is 9.32 Å². The molecule has 0 aliphatic rings. The third kappa shape index (κ3) is 4.43. The fraction of sp³-hybridized carbons (Fsp3) is 0.357. The maximum Gasteiger partial charge on any atom is 0.315 e. The highest BCUT2D eigenvalue weighted by Crippen LogP contribution is 2.26. The molecule has 22 heavy (non-hydrogen) atoms. The van der Waals surface area contributed by atoms with Crippen LogP contribution in [0.3, 0.4) is 0 Å². The van der Waals surface area contributed by atoms with Crippen molar-refractivity contribution in [3.63, 3.8) is 0 Å². The third-order valence-electron chi connectivity index (χ3n) is 2.95. The summed E-state index contributed by atoms with van der Waals surface area (Å²) in [6, 6.07) is 5.23. The van der Waals surface area contributed by atoms with Gasteiger partial charge in [0, 0.05) is 23.0 Å². The van der Waals surface area contributed by atoms with Crippen LogP contribution in [0.2, 0.25) is 10.0 Å². The Hall–Kier alpha value is -1.63. The molecule has 0 atom stereocenters. The smallest absolute Gasteiger partial charge is 0.315 e. The summed E-state index contributed by atoms with van der Waals surface area (Å²) in [5, 5.41) is 10.5. The van der Waals surface area contributed by atoms with E-state index in [1.807, 2.05) is 7.05 Å². The standard InChI is InChI=1S/C14H16Cl2N4O2/c1-17-6-3-7-18-13(21)14-19-12(20-22-14)8-9-10(15)4-2-5-11(9)16/h2,4-5,17H,3,6-8H2,1H3,(H,18,21). The molecule has 6 nitrogen and oxygen atoms in total. The monoisotopic (exact) mass is 342 g/mol. The van der Waals surface area contributed by atoms with E-state index in [1.165, 1.54) is 0 Å². The Morgan fingerprint density at radius 1 is 1.27 bits per heavy atom. The number of halogens is 2. The minimum absolute atomic E-state index is 0.0670. The number of amides is 1. The summed E-state index contributed by atoms with van der Waals surface area (Å²) in [5.74, 6) is -0.0990. The van der Waals surface area contributed by atoms with Gasteiger partial charge in [-0.3, -0.25) is 4.79 Å². The van der Waals surface area contributed by atoms with Gasteiger partial charge in [0.25, 0.3) is 0 Å². The number of aromatic nitrogens is 2. The van der Waals surface area contributed by atoms with Crippen LogP contribution < -0.4 is 10.6 Å². The van der Waals surface area contributed by atoms with Crippen LogP contribution in [0.1, 0.15) is 28.5 Å². The molecule has 1 heterocycles. The highest BCUT2D eigenvalue weighted by Gasteiger charge is 2.16. The van der Waals surface area contributed by atoms with Gasteiger partial charge < -0.3 is 15.2 Å². The molecule has 0 unspecified atom stereocenters. The van der Waals surface area contributed by atoms with Gasteiger partial charge in [0.05, 0.1) is 0 Å². The van der Waals surface area contributed by atoms with Gasteiger partial charge in [0.2, 0.25) is 0 Å². The maximum atomic E-state index is 11.8. The van der Waals surface area contributed by atoms with Crippen LogP contribution in [0.25, 0.3) is 0 Å². The average molecular weight is 343 g/mol. The summed E-state index contributed by atoms with van der Waals surface area (Å²) in [4.78, 5) is 15.9. The van der Waals surface area contributed by atoms with Crippen molar-refractivity contribution in [3.05, 3.63) is 45.5 Å². The first-order chi connectivity index (χ1) is 10.6. The molecule has 1 amide bonds. The number of carbonyl (C=O) groups excluding carboxylic acids is 1. The van der Waals surface area contributed by atoms with E-state index in [9.17, 15) is 4.79 Å². The van der Waals surface area contributed by atoms with Gasteiger partial charge in [0.1, 0.15) is 0 Å². The lowest BCUT2D eigenvalue weighted by atomic mass is 10.1. The van der Waals surface area contributed by atoms with Crippen molar-refractivity contribution in [2.24, 2.45) is 0 Å². The van der Waals surface area contributed by atoms with Crippen LogP contribution in [-0.2, 0) is 6.42 Å². The van der Waals surface area contributed by atoms with Crippen LogP contribution in [0.5, 0.6) is 0 Å². The van der Waals surface area contributed by atoms with Crippen molar-refractivity contribution in [1.29, 1.82) is 0 Å². The molecule has 0 saturated heterocycles. The minimum atomic E-state index is -0.389. The second-order valence-electron chi connectivity index (χ2n) is 4.61. The topological polar surface area (TPSA) is 80.0 Å². The Balaban J connectivity index is 1.98. The Morgan fingerprint density at radius 3 is 2.68 bits per heavy atom. The van der Waals surface area contributed by atoms with Crippen LogP contribution in [0.4, 0.5) is 0 Å². The Morgan fingerprint density at radius 2 is 2.00 bits per heavy atom. The normalized spacial score (nSPS) is 10.7. The van der Waals surface area contributed by atoms with E-state index in [4.69, 9.17) is 27.7 Å². The zero-order chi connectivity index (χ0) is 15.9. The van der Waals surface area contributed by atoms with E-state index in [1.54, 1.807) is 18.2 Å². The summed E-state index contributed by atoms with van der Waals surface area (Å²) >= 11 is 12.2. The molecule has 2 rings (SSSR count). The first-order valence-electron chi connectivity index (χ1n) is 6.80. The van der Waals surface area contributed by atoms with Gasteiger partial charge >= 0.3 is 11.8 Å². The highest BCUT2D eigenvalue weighted by molar-refractivity contribution is 6.36. The second kappa shape index (κ2) is 8.12. The van der Waals surface area contributed by atoms with E-state index in [-0.39, 0.29) is 11.8 Å². The first kappa shape index (κ1) is 16.7. The summed E-state index contributed by atoms with van der Waals surface area (Å²) in [5.41, 5.74) is 0.701. The van der Waals surface area contributed by atoms with Crippen LogP contribution >= 0.6 is 23.2 Å². The fourth-order valence-corrected chi connectivity index (χ4v) is 2.35. The molecule has 0 aliphatic heterocycles. The molecule has 0 saturated carbocycles. The minimum Gasteiger partial charge on any atom is -0.348 e. The number of nitrogens with zero attached hydrogens (tertiary/aromatic N) is 2. The molecule has 2 aromatic rings. The van der Waals surface area contributed by atoms with E-state index in [0.717, 1.165) is 13.0 Å². The summed E-state index contributed by atoms with van der Waals surface area (Å²) in [6.45, 7) is 1.36. The second-order valence-corrected chi connectivity index (χ2v) is 5.42. The van der Waals surface area contributed by atoms with Gasteiger partial charge in [-0.25, -0.2) is 0 Å². The molecule has 0 spiro atoms. The summed E-state index contributed by atoms with van der Waals surface area (Å²) in [7, 11) is 1.85. The summed E-state index contributed by atoms with van der Waals surface area (Å²) < 4.78 is 4.96. The van der Waals surface area contributed by atoms with Crippen molar-refractivity contribution in [2.75, 3.05) is 20.1 Å². The first-order valence-corrected chi connectivity index (χ1v) is 7.55. The van der Waals surface area contributed by atoms with Gasteiger partial charge in [-0.2, -0.15) is 4.98 Å². The van der Waals surface area contributed by atoms with Crippen molar-refractivity contribution in [2.45, 2.75) is 12.8 Å². The van der Waals surface area contributed by atoms with Crippen LogP contribution in [0.15, 0.2) is 22.7 Å². The molecule has 0 fully saturated rings. The molecular formula is C14H16Cl2N4O2. The van der Waals surface area contributed by atoms with E-state index >= 15 is 0 Å². The molecule has 8 heteroatoms. The Labute approximate surface area is 138 Å². The largest absolute Gasteiger partial charge is 0.348 e. The average Bonchev–Trinajstić information content (AvgIpc) is 2.96. The quantitative estimate of drug-likeness (QED) is 0.754. The van der Waals surface area contributed by atoms with Gasteiger partial charge in [-0.1, -0.05) is 34.4 Å². The predicted octanol–water partition coefficient (Wildman–Crippen LogP) is 2.31. The highest BCUT2D eigenvalue weighted by atomic mass is 35.5. The number of carbonyl (C=O) groups is 1. The predicted molar refractivity (Wildman–Crippen MR) is 84.4 cm³/mol. The molecule has 0 radical (unpaired) electrons. The fourth-order valence-electron chi connectivity index (χ4n) is 1.82. The number of hydrogen-bond acceptors (Lipinski definition) is 5. The van der Waals surface area contributed by atoms with Crippen molar-refractivity contribution in [3.8, 4) is 0 Å². The van der Waals surface area contributed by atoms with Crippen molar-refractivity contribution >= 4 is 29.1 Å². The SMILES string of the molecule is CNCCCNC(=O)c1nc(Cc2c(Cl)cccc2Cl)no1. The number of benzene rings is 1. The van der Waals surface area contributed by atoms with E-state index < -0.39 is 0 Å². The van der Waals surface area contributed by atoms with Gasteiger partial charge in [0.15, 0.2) is 5.82 Å². The lowest BCUT2D eigenvalue weighted by Crippen LogP contribution is -2.26.